The Labute approximate surface area is 158 Å². The number of rotatable bonds is 8. The summed E-state index contributed by atoms with van der Waals surface area (Å²) in [6.45, 7) is 2.04. The molecule has 3 rings (SSSR count). The van der Waals surface area contributed by atoms with Gasteiger partial charge in [0.25, 0.3) is 5.69 Å². The number of nitrogens with two attached hydrogens (primary N) is 1. The van der Waals surface area contributed by atoms with Crippen LogP contribution in [0.4, 0.5) is 5.69 Å². The van der Waals surface area contributed by atoms with Gasteiger partial charge in [-0.25, -0.2) is 0 Å². The van der Waals surface area contributed by atoms with Crippen LogP contribution in [0.5, 0.6) is 0 Å². The zero-order chi connectivity index (χ0) is 19.4. The maximum atomic E-state index is 11.2. The summed E-state index contributed by atoms with van der Waals surface area (Å²) in [7, 11) is 0. The maximum absolute atomic E-state index is 11.2. The summed E-state index contributed by atoms with van der Waals surface area (Å²) in [5, 5.41) is 20.0. The van der Waals surface area contributed by atoms with Crippen molar-refractivity contribution in [3.8, 4) is 11.6 Å². The first-order chi connectivity index (χ1) is 13.0. The number of nitro groups is 1. The third-order valence-corrected chi connectivity index (χ3v) is 5.03. The van der Waals surface area contributed by atoms with Gasteiger partial charge in [0.1, 0.15) is 0 Å². The molecule has 0 unspecified atom stereocenters. The molecule has 9 nitrogen and oxygen atoms in total. The molecule has 0 atom stereocenters. The van der Waals surface area contributed by atoms with Gasteiger partial charge in [0, 0.05) is 30.3 Å². The predicted octanol–water partition coefficient (Wildman–Crippen LogP) is 2.92. The summed E-state index contributed by atoms with van der Waals surface area (Å²) < 4.78 is 7.15. The number of primary amides is 1. The number of nitro benzene ring substituents is 1. The van der Waals surface area contributed by atoms with Gasteiger partial charge in [-0.1, -0.05) is 23.9 Å². The second kappa shape index (κ2) is 8.04. The van der Waals surface area contributed by atoms with Crippen LogP contribution in [0.15, 0.2) is 46.2 Å². The Morgan fingerprint density at radius 1 is 1.33 bits per heavy atom. The van der Waals surface area contributed by atoms with Gasteiger partial charge in [0.15, 0.2) is 16.7 Å². The molecule has 0 aliphatic rings. The first-order valence-electron chi connectivity index (χ1n) is 8.08. The number of carbonyl (C=O) groups excluding carboxylic acids is 1. The third-order valence-electron chi connectivity index (χ3n) is 4.01. The molecule has 3 aromatic rings. The molecular weight excluding hydrogens is 370 g/mol. The zero-order valence-corrected chi connectivity index (χ0v) is 15.3. The molecule has 0 aliphatic carbocycles. The van der Waals surface area contributed by atoms with E-state index in [-0.39, 0.29) is 12.1 Å². The average Bonchev–Trinajstić information content (AvgIpc) is 3.28. The van der Waals surface area contributed by atoms with Crippen LogP contribution in [-0.4, -0.2) is 25.6 Å². The molecule has 1 amide bonds. The van der Waals surface area contributed by atoms with Crippen molar-refractivity contribution in [3.05, 3.63) is 57.8 Å². The van der Waals surface area contributed by atoms with Crippen molar-refractivity contribution in [1.82, 2.24) is 14.8 Å². The lowest BCUT2D eigenvalue weighted by atomic mass is 10.1. The normalized spacial score (nSPS) is 10.9. The smallest absolute Gasteiger partial charge is 0.272 e. The summed E-state index contributed by atoms with van der Waals surface area (Å²) in [5.41, 5.74) is 6.80. The second-order valence-electron chi connectivity index (χ2n) is 5.76. The van der Waals surface area contributed by atoms with Gasteiger partial charge < -0.3 is 10.2 Å². The number of thioether (sulfide) groups is 1. The van der Waals surface area contributed by atoms with E-state index in [2.05, 4.69) is 10.2 Å². The van der Waals surface area contributed by atoms with Crippen LogP contribution in [-0.2, 0) is 17.1 Å². The Morgan fingerprint density at radius 2 is 2.15 bits per heavy atom. The van der Waals surface area contributed by atoms with Crippen LogP contribution in [0.2, 0.25) is 0 Å². The number of nitrogens with zero attached hydrogens (tertiary/aromatic N) is 4. The Kier molecular flexibility index (Phi) is 5.55. The number of benzene rings is 1. The summed E-state index contributed by atoms with van der Waals surface area (Å²) in [4.78, 5) is 21.9. The van der Waals surface area contributed by atoms with E-state index < -0.39 is 10.8 Å². The minimum Gasteiger partial charge on any atom is -0.461 e. The van der Waals surface area contributed by atoms with E-state index >= 15 is 0 Å². The van der Waals surface area contributed by atoms with Gasteiger partial charge in [0.2, 0.25) is 5.91 Å². The SMILES string of the molecule is Cc1c(CSc2nnc(-c3ccco3)n2CCC(N)=O)cccc1[N+](=O)[O-]. The van der Waals surface area contributed by atoms with Crippen molar-refractivity contribution in [3.63, 3.8) is 0 Å². The van der Waals surface area contributed by atoms with Crippen LogP contribution in [0.25, 0.3) is 11.6 Å². The number of amides is 1. The fourth-order valence-corrected chi connectivity index (χ4v) is 3.60. The summed E-state index contributed by atoms with van der Waals surface area (Å²) >= 11 is 1.38. The van der Waals surface area contributed by atoms with Crippen molar-refractivity contribution in [1.29, 1.82) is 0 Å². The maximum Gasteiger partial charge on any atom is 0.272 e. The van der Waals surface area contributed by atoms with E-state index in [1.807, 2.05) is 6.07 Å². The second-order valence-corrected chi connectivity index (χ2v) is 6.70. The monoisotopic (exact) mass is 387 g/mol. The zero-order valence-electron chi connectivity index (χ0n) is 14.5. The van der Waals surface area contributed by atoms with Gasteiger partial charge in [-0.2, -0.15) is 0 Å². The number of aromatic nitrogens is 3. The molecule has 2 heterocycles. The molecule has 0 aliphatic heterocycles. The van der Waals surface area contributed by atoms with Crippen molar-refractivity contribution in [2.45, 2.75) is 30.8 Å². The standard InChI is InChI=1S/C17H17N5O4S/c1-11-12(4-2-5-13(11)22(24)25)10-27-17-20-19-16(14-6-3-9-26-14)21(17)8-7-15(18)23/h2-6,9H,7-8,10H2,1H3,(H2,18,23). The molecule has 0 saturated carbocycles. The van der Waals surface area contributed by atoms with Gasteiger partial charge in [0.05, 0.1) is 11.2 Å². The summed E-state index contributed by atoms with van der Waals surface area (Å²) in [6, 6.07) is 8.47. The lowest BCUT2D eigenvalue weighted by molar-refractivity contribution is -0.385. The Morgan fingerprint density at radius 3 is 2.81 bits per heavy atom. The molecule has 0 spiro atoms. The Bertz CT molecular complexity index is 968. The topological polar surface area (TPSA) is 130 Å². The molecule has 27 heavy (non-hydrogen) atoms. The first-order valence-corrected chi connectivity index (χ1v) is 9.07. The number of furan rings is 1. The van der Waals surface area contributed by atoms with E-state index in [9.17, 15) is 14.9 Å². The minimum atomic E-state index is -0.431. The Hall–Kier alpha value is -3.14. The fourth-order valence-electron chi connectivity index (χ4n) is 2.57. The highest BCUT2D eigenvalue weighted by atomic mass is 32.2. The van der Waals surface area contributed by atoms with E-state index in [0.29, 0.717) is 34.6 Å². The van der Waals surface area contributed by atoms with Crippen molar-refractivity contribution >= 4 is 23.4 Å². The number of carbonyl (C=O) groups is 1. The van der Waals surface area contributed by atoms with Gasteiger partial charge in [-0.15, -0.1) is 10.2 Å². The van der Waals surface area contributed by atoms with E-state index in [0.717, 1.165) is 5.56 Å². The largest absolute Gasteiger partial charge is 0.461 e. The molecule has 0 fully saturated rings. The molecule has 0 radical (unpaired) electrons. The van der Waals surface area contributed by atoms with Crippen LogP contribution in [0.1, 0.15) is 17.5 Å². The molecule has 10 heteroatoms. The highest BCUT2D eigenvalue weighted by molar-refractivity contribution is 7.98. The van der Waals surface area contributed by atoms with E-state index in [4.69, 9.17) is 10.2 Å². The van der Waals surface area contributed by atoms with Crippen LogP contribution in [0, 0.1) is 17.0 Å². The predicted molar refractivity (Wildman–Crippen MR) is 98.9 cm³/mol. The molecule has 1 aromatic carbocycles. The minimum absolute atomic E-state index is 0.0829. The fraction of sp³-hybridized carbons (Fsp3) is 0.235. The van der Waals surface area contributed by atoms with E-state index in [1.165, 1.54) is 24.1 Å². The summed E-state index contributed by atoms with van der Waals surface area (Å²) in [5.74, 6) is 1.07. The average molecular weight is 387 g/mol. The van der Waals surface area contributed by atoms with Crippen LogP contribution in [0.3, 0.4) is 0 Å². The van der Waals surface area contributed by atoms with Crippen molar-refractivity contribution < 1.29 is 14.1 Å². The van der Waals surface area contributed by atoms with Crippen LogP contribution < -0.4 is 5.73 Å². The van der Waals surface area contributed by atoms with Crippen molar-refractivity contribution in [2.75, 3.05) is 0 Å². The van der Waals surface area contributed by atoms with E-state index in [1.54, 1.807) is 29.7 Å². The van der Waals surface area contributed by atoms with Gasteiger partial charge in [-0.05, 0) is 24.6 Å². The molecule has 0 bridgehead atoms. The molecule has 0 saturated heterocycles. The quantitative estimate of drug-likeness (QED) is 0.357. The van der Waals surface area contributed by atoms with Gasteiger partial charge in [-0.3, -0.25) is 19.5 Å². The highest BCUT2D eigenvalue weighted by Gasteiger charge is 2.18. The molecule has 2 N–H and O–H groups in total. The van der Waals surface area contributed by atoms with Gasteiger partial charge >= 0.3 is 0 Å². The number of hydrogen-bond acceptors (Lipinski definition) is 7. The molecular formula is C17H17N5O4S. The Balaban J connectivity index is 1.86. The number of hydrogen-bond donors (Lipinski definition) is 1. The summed E-state index contributed by atoms with van der Waals surface area (Å²) in [6.07, 6.45) is 1.66. The molecule has 2 aromatic heterocycles. The van der Waals surface area contributed by atoms with Crippen LogP contribution >= 0.6 is 11.8 Å². The van der Waals surface area contributed by atoms with Crippen molar-refractivity contribution in [2.24, 2.45) is 5.73 Å². The third kappa shape index (κ3) is 4.17. The highest BCUT2D eigenvalue weighted by Crippen LogP contribution is 2.30. The molecule has 140 valence electrons. The lowest BCUT2D eigenvalue weighted by Gasteiger charge is -2.09. The first kappa shape index (κ1) is 18.6. The lowest BCUT2D eigenvalue weighted by Crippen LogP contribution is -2.15.